The summed E-state index contributed by atoms with van der Waals surface area (Å²) in [6, 6.07) is 7.51. The molecule has 0 spiro atoms. The Labute approximate surface area is 140 Å². The first kappa shape index (κ1) is 15.2. The highest BCUT2D eigenvalue weighted by Gasteiger charge is 2.13. The second kappa shape index (κ2) is 6.52. The largest absolute Gasteiger partial charge is 0.496 e. The molecule has 0 aliphatic rings. The normalized spacial score (nSPS) is 10.5. The number of ether oxygens (including phenoxy) is 1. The Bertz CT molecular complexity index is 603. The summed E-state index contributed by atoms with van der Waals surface area (Å²) in [6.07, 6.45) is 0.377. The Morgan fingerprint density at radius 2 is 1.95 bits per heavy atom. The van der Waals surface area contributed by atoms with Crippen LogP contribution < -0.4 is 4.74 Å². The lowest BCUT2D eigenvalue weighted by atomic mass is 10.1. The van der Waals surface area contributed by atoms with Crippen LogP contribution in [0, 0.1) is 0 Å². The Kier molecular flexibility index (Phi) is 5.22. The van der Waals surface area contributed by atoms with Crippen molar-refractivity contribution in [3.63, 3.8) is 0 Å². The molecule has 0 saturated heterocycles. The van der Waals surface area contributed by atoms with Gasteiger partial charge in [0.25, 0.3) is 0 Å². The molecule has 0 amide bonds. The first-order chi connectivity index (χ1) is 9.01. The molecule has 0 atom stereocenters. The number of benzene rings is 1. The molecule has 0 aliphatic carbocycles. The number of carbonyl (C=O) groups excluding carboxylic acids is 1. The highest BCUT2D eigenvalue weighted by molar-refractivity contribution is 9.13. The molecule has 1 heterocycles. The maximum atomic E-state index is 12.2. The number of Topliss-reactive ketones (excluding diaryl/α,β-unsaturated/α-hetero) is 1. The standard InChI is InChI=1S/C13H9Br3O2S/c1-18-11-3-2-7(4-8(11)14)5-10(17)12-6-9(15)13(16)19-12/h2-4,6H,5H2,1H3. The quantitative estimate of drug-likeness (QED) is 0.556. The number of rotatable bonds is 4. The number of hydrogen-bond donors (Lipinski definition) is 0. The van der Waals surface area contributed by atoms with E-state index in [2.05, 4.69) is 47.8 Å². The number of thiophene rings is 1. The first-order valence-corrected chi connectivity index (χ1v) is 8.51. The van der Waals surface area contributed by atoms with Crippen LogP contribution in [-0.2, 0) is 6.42 Å². The highest BCUT2D eigenvalue weighted by atomic mass is 79.9. The molecule has 0 fully saturated rings. The van der Waals surface area contributed by atoms with Gasteiger partial charge in [0.1, 0.15) is 5.75 Å². The molecule has 0 bridgehead atoms. The molecular formula is C13H9Br3O2S. The Morgan fingerprint density at radius 1 is 1.21 bits per heavy atom. The molecule has 2 nitrogen and oxygen atoms in total. The van der Waals surface area contributed by atoms with Crippen molar-refractivity contribution in [3.8, 4) is 5.75 Å². The molecule has 0 saturated carbocycles. The molecule has 1 aromatic carbocycles. The van der Waals surface area contributed by atoms with Crippen molar-refractivity contribution < 1.29 is 9.53 Å². The van der Waals surface area contributed by atoms with E-state index in [1.807, 2.05) is 24.3 Å². The van der Waals surface area contributed by atoms with E-state index in [0.29, 0.717) is 6.42 Å². The summed E-state index contributed by atoms with van der Waals surface area (Å²) < 4.78 is 7.87. The van der Waals surface area contributed by atoms with E-state index >= 15 is 0 Å². The van der Waals surface area contributed by atoms with Gasteiger partial charge < -0.3 is 4.74 Å². The van der Waals surface area contributed by atoms with Gasteiger partial charge in [0.05, 0.1) is 20.2 Å². The van der Waals surface area contributed by atoms with Crippen molar-refractivity contribution >= 4 is 64.9 Å². The van der Waals surface area contributed by atoms with Crippen molar-refractivity contribution in [2.75, 3.05) is 7.11 Å². The molecule has 0 N–H and O–H groups in total. The molecule has 1 aromatic heterocycles. The van der Waals surface area contributed by atoms with Crippen LogP contribution >= 0.6 is 59.1 Å². The number of hydrogen-bond acceptors (Lipinski definition) is 3. The summed E-state index contributed by atoms with van der Waals surface area (Å²) >= 11 is 11.6. The van der Waals surface area contributed by atoms with Gasteiger partial charge in [0, 0.05) is 10.9 Å². The van der Waals surface area contributed by atoms with Crippen LogP contribution in [0.25, 0.3) is 0 Å². The molecule has 0 radical (unpaired) electrons. The maximum absolute atomic E-state index is 12.2. The van der Waals surface area contributed by atoms with Crippen LogP contribution in [0.5, 0.6) is 5.75 Å². The van der Waals surface area contributed by atoms with Crippen LogP contribution in [0.4, 0.5) is 0 Å². The average Bonchev–Trinajstić information content (AvgIpc) is 2.70. The van der Waals surface area contributed by atoms with Crippen molar-refractivity contribution in [1.29, 1.82) is 0 Å². The number of methoxy groups -OCH3 is 1. The fourth-order valence-corrected chi connectivity index (χ4v) is 4.14. The summed E-state index contributed by atoms with van der Waals surface area (Å²) in [4.78, 5) is 12.9. The van der Waals surface area contributed by atoms with Gasteiger partial charge in [-0.15, -0.1) is 11.3 Å². The van der Waals surface area contributed by atoms with Gasteiger partial charge in [-0.1, -0.05) is 6.07 Å². The van der Waals surface area contributed by atoms with E-state index in [9.17, 15) is 4.79 Å². The smallest absolute Gasteiger partial charge is 0.177 e. The van der Waals surface area contributed by atoms with Crippen molar-refractivity contribution in [3.05, 3.63) is 47.4 Å². The van der Waals surface area contributed by atoms with Crippen LogP contribution in [0.1, 0.15) is 15.2 Å². The van der Waals surface area contributed by atoms with Crippen molar-refractivity contribution in [2.45, 2.75) is 6.42 Å². The van der Waals surface area contributed by atoms with Crippen LogP contribution in [0.2, 0.25) is 0 Å². The van der Waals surface area contributed by atoms with E-state index in [0.717, 1.165) is 28.9 Å². The Balaban J connectivity index is 2.17. The minimum Gasteiger partial charge on any atom is -0.496 e. The predicted molar refractivity (Wildman–Crippen MR) is 88.4 cm³/mol. The number of ketones is 1. The van der Waals surface area contributed by atoms with E-state index < -0.39 is 0 Å². The van der Waals surface area contributed by atoms with Gasteiger partial charge in [-0.25, -0.2) is 0 Å². The van der Waals surface area contributed by atoms with Crippen LogP contribution in [-0.4, -0.2) is 12.9 Å². The van der Waals surface area contributed by atoms with Gasteiger partial charge in [0.15, 0.2) is 5.78 Å². The molecule has 100 valence electrons. The highest BCUT2D eigenvalue weighted by Crippen LogP contribution is 2.33. The van der Waals surface area contributed by atoms with Crippen LogP contribution in [0.3, 0.4) is 0 Å². The third kappa shape index (κ3) is 3.68. The van der Waals surface area contributed by atoms with E-state index in [1.54, 1.807) is 7.11 Å². The molecule has 2 aromatic rings. The minimum atomic E-state index is 0.105. The molecule has 2 rings (SSSR count). The summed E-state index contributed by atoms with van der Waals surface area (Å²) in [5, 5.41) is 0. The zero-order chi connectivity index (χ0) is 14.0. The summed E-state index contributed by atoms with van der Waals surface area (Å²) in [6.45, 7) is 0. The summed E-state index contributed by atoms with van der Waals surface area (Å²) in [7, 11) is 1.62. The lowest BCUT2D eigenvalue weighted by Gasteiger charge is -2.05. The third-order valence-electron chi connectivity index (χ3n) is 2.50. The Morgan fingerprint density at radius 3 is 2.47 bits per heavy atom. The second-order valence-corrected chi connectivity index (χ2v) is 7.88. The van der Waals surface area contributed by atoms with Gasteiger partial charge in [-0.2, -0.15) is 0 Å². The summed E-state index contributed by atoms with van der Waals surface area (Å²) in [5.41, 5.74) is 0.957. The molecule has 6 heteroatoms. The predicted octanol–water partition coefficient (Wildman–Crippen LogP) is 5.47. The first-order valence-electron chi connectivity index (χ1n) is 5.31. The van der Waals surface area contributed by atoms with Gasteiger partial charge >= 0.3 is 0 Å². The zero-order valence-electron chi connectivity index (χ0n) is 9.88. The van der Waals surface area contributed by atoms with Crippen molar-refractivity contribution in [1.82, 2.24) is 0 Å². The maximum Gasteiger partial charge on any atom is 0.177 e. The summed E-state index contributed by atoms with van der Waals surface area (Å²) in [5.74, 6) is 0.867. The SMILES string of the molecule is COc1ccc(CC(=O)c2cc(Br)c(Br)s2)cc1Br. The lowest BCUT2D eigenvalue weighted by Crippen LogP contribution is -2.01. The fraction of sp³-hybridized carbons (Fsp3) is 0.154. The van der Waals surface area contributed by atoms with E-state index in [-0.39, 0.29) is 5.78 Å². The zero-order valence-corrected chi connectivity index (χ0v) is 15.4. The third-order valence-corrected chi connectivity index (χ3v) is 6.42. The molecule has 0 unspecified atom stereocenters. The minimum absolute atomic E-state index is 0.105. The van der Waals surface area contributed by atoms with Gasteiger partial charge in [0.2, 0.25) is 0 Å². The van der Waals surface area contributed by atoms with Crippen molar-refractivity contribution in [2.24, 2.45) is 0 Å². The average molecular weight is 469 g/mol. The number of halogens is 3. The molecule has 0 aliphatic heterocycles. The molecule has 19 heavy (non-hydrogen) atoms. The monoisotopic (exact) mass is 466 g/mol. The number of carbonyl (C=O) groups is 1. The lowest BCUT2D eigenvalue weighted by molar-refractivity contribution is 0.0997. The van der Waals surface area contributed by atoms with Crippen LogP contribution in [0.15, 0.2) is 37.0 Å². The van der Waals surface area contributed by atoms with Gasteiger partial charge in [-0.05, 0) is 71.6 Å². The molecular weight excluding hydrogens is 460 g/mol. The topological polar surface area (TPSA) is 26.3 Å². The van der Waals surface area contributed by atoms with E-state index in [4.69, 9.17) is 4.74 Å². The van der Waals surface area contributed by atoms with Gasteiger partial charge in [-0.3, -0.25) is 4.79 Å². The Hall–Kier alpha value is -0.170. The fourth-order valence-electron chi connectivity index (χ4n) is 1.58. The second-order valence-electron chi connectivity index (χ2n) is 3.80. The van der Waals surface area contributed by atoms with E-state index in [1.165, 1.54) is 11.3 Å².